The van der Waals surface area contributed by atoms with Crippen molar-refractivity contribution in [2.75, 3.05) is 0 Å². The van der Waals surface area contributed by atoms with Gasteiger partial charge < -0.3 is 5.11 Å². The van der Waals surface area contributed by atoms with Gasteiger partial charge in [-0.15, -0.1) is 0 Å². The summed E-state index contributed by atoms with van der Waals surface area (Å²) in [6.45, 7) is 0. The van der Waals surface area contributed by atoms with Crippen molar-refractivity contribution in [2.45, 2.75) is 5.85 Å². The zero-order valence-corrected chi connectivity index (χ0v) is 9.68. The van der Waals surface area contributed by atoms with E-state index in [-0.39, 0.29) is 5.57 Å². The Morgan fingerprint density at radius 1 is 1.16 bits per heavy atom. The van der Waals surface area contributed by atoms with Crippen molar-refractivity contribution in [3.8, 4) is 0 Å². The average Bonchev–Trinajstić information content (AvgIpc) is 2.38. The van der Waals surface area contributed by atoms with Crippen LogP contribution in [0.5, 0.6) is 0 Å². The molecule has 2 aliphatic heterocycles. The number of carbonyl (C=O) groups excluding carboxylic acids is 2. The van der Waals surface area contributed by atoms with E-state index < -0.39 is 17.8 Å². The van der Waals surface area contributed by atoms with Gasteiger partial charge in [-0.05, 0) is 6.08 Å². The fourth-order valence-corrected chi connectivity index (χ4v) is 1.92. The zero-order chi connectivity index (χ0) is 13.5. The van der Waals surface area contributed by atoms with Gasteiger partial charge in [-0.1, -0.05) is 30.3 Å². The summed E-state index contributed by atoms with van der Waals surface area (Å²) in [6.07, 6.45) is 1.43. The normalized spacial score (nSPS) is 25.3. The van der Waals surface area contributed by atoms with Crippen molar-refractivity contribution in [1.29, 1.82) is 0 Å². The van der Waals surface area contributed by atoms with Crippen LogP contribution in [0.15, 0.2) is 47.1 Å². The van der Waals surface area contributed by atoms with Gasteiger partial charge in [0.15, 0.2) is 0 Å². The van der Waals surface area contributed by atoms with Crippen LogP contribution in [0.4, 0.5) is 4.79 Å². The Morgan fingerprint density at radius 3 is 2.63 bits per heavy atom. The van der Waals surface area contributed by atoms with Gasteiger partial charge in [0.1, 0.15) is 0 Å². The molecule has 0 aromatic heterocycles. The second-order valence-corrected chi connectivity index (χ2v) is 4.15. The molecule has 7 heteroatoms. The van der Waals surface area contributed by atoms with E-state index in [1.807, 2.05) is 30.3 Å². The van der Waals surface area contributed by atoms with Gasteiger partial charge in [0.25, 0.3) is 11.8 Å². The fourth-order valence-electron chi connectivity index (χ4n) is 1.92. The second-order valence-electron chi connectivity index (χ2n) is 4.15. The standard InChI is InChI=1S/C12H10N4O3/c17-10-8-6-9(7-4-2-1-3-5-7)15-16-12(8,19)14-11(18)13-10/h1-6,16,19H,(H2,13,14,17,18)/t12-/m0/s1. The van der Waals surface area contributed by atoms with Crippen LogP contribution in [0, 0.1) is 0 Å². The van der Waals surface area contributed by atoms with Gasteiger partial charge in [-0.3, -0.25) is 20.9 Å². The molecule has 2 aliphatic rings. The third kappa shape index (κ3) is 1.85. The minimum absolute atomic E-state index is 0.0130. The SMILES string of the molecule is O=C1NC(=O)C2=CC(c3ccccc3)=NN[C@@]2(O)N1. The number of nitrogens with one attached hydrogen (secondary N) is 3. The van der Waals surface area contributed by atoms with Crippen LogP contribution in [0.2, 0.25) is 0 Å². The lowest BCUT2D eigenvalue weighted by atomic mass is 10.0. The van der Waals surface area contributed by atoms with E-state index in [0.29, 0.717) is 5.71 Å². The van der Waals surface area contributed by atoms with Crippen molar-refractivity contribution in [2.24, 2.45) is 5.10 Å². The lowest BCUT2D eigenvalue weighted by Gasteiger charge is -2.35. The molecule has 4 N–H and O–H groups in total. The summed E-state index contributed by atoms with van der Waals surface area (Å²) < 4.78 is 0. The smallest absolute Gasteiger partial charge is 0.325 e. The molecular weight excluding hydrogens is 248 g/mol. The first kappa shape index (κ1) is 11.4. The molecule has 19 heavy (non-hydrogen) atoms. The minimum atomic E-state index is -1.96. The number of hydrogen-bond acceptors (Lipinski definition) is 5. The maximum atomic E-state index is 11.7. The molecule has 0 unspecified atom stereocenters. The summed E-state index contributed by atoms with van der Waals surface area (Å²) in [4.78, 5) is 22.9. The Bertz CT molecular complexity index is 623. The number of aliphatic hydroxyl groups is 1. The monoisotopic (exact) mass is 258 g/mol. The first-order valence-corrected chi connectivity index (χ1v) is 5.57. The Labute approximate surface area is 108 Å². The van der Waals surface area contributed by atoms with Gasteiger partial charge in [0.05, 0.1) is 11.3 Å². The lowest BCUT2D eigenvalue weighted by Crippen LogP contribution is -2.69. The first-order valence-electron chi connectivity index (χ1n) is 5.57. The van der Waals surface area contributed by atoms with Crippen LogP contribution < -0.4 is 16.1 Å². The molecule has 1 atom stereocenters. The van der Waals surface area contributed by atoms with E-state index in [1.165, 1.54) is 6.08 Å². The highest BCUT2D eigenvalue weighted by Gasteiger charge is 2.44. The molecule has 2 heterocycles. The number of hydrazone groups is 1. The average molecular weight is 258 g/mol. The number of allylic oxidation sites excluding steroid dienone is 1. The Hall–Kier alpha value is -2.67. The molecule has 3 rings (SSSR count). The molecule has 0 saturated carbocycles. The van der Waals surface area contributed by atoms with Crippen molar-refractivity contribution < 1.29 is 14.7 Å². The lowest BCUT2D eigenvalue weighted by molar-refractivity contribution is -0.121. The molecule has 1 fully saturated rings. The third-order valence-corrected chi connectivity index (χ3v) is 2.84. The predicted molar refractivity (Wildman–Crippen MR) is 65.8 cm³/mol. The Kier molecular flexibility index (Phi) is 2.36. The fraction of sp³-hybridized carbons (Fsp3) is 0.0833. The number of benzene rings is 1. The summed E-state index contributed by atoms with van der Waals surface area (Å²) in [5, 5.41) is 18.3. The van der Waals surface area contributed by atoms with Crippen molar-refractivity contribution in [1.82, 2.24) is 16.1 Å². The molecule has 0 spiro atoms. The van der Waals surface area contributed by atoms with Crippen LogP contribution in [0.25, 0.3) is 0 Å². The van der Waals surface area contributed by atoms with E-state index in [4.69, 9.17) is 0 Å². The number of carbonyl (C=O) groups is 2. The summed E-state index contributed by atoms with van der Waals surface area (Å²) >= 11 is 0. The predicted octanol–water partition coefficient (Wildman–Crippen LogP) is -0.594. The van der Waals surface area contributed by atoms with E-state index in [2.05, 4.69) is 21.2 Å². The summed E-state index contributed by atoms with van der Waals surface area (Å²) in [6, 6.07) is 8.38. The number of nitrogens with zero attached hydrogens (tertiary/aromatic N) is 1. The molecule has 96 valence electrons. The molecule has 1 aromatic rings. The molecule has 1 saturated heterocycles. The molecule has 0 radical (unpaired) electrons. The molecule has 3 amide bonds. The first-order chi connectivity index (χ1) is 9.08. The summed E-state index contributed by atoms with van der Waals surface area (Å²) in [5.74, 6) is -2.63. The third-order valence-electron chi connectivity index (χ3n) is 2.84. The van der Waals surface area contributed by atoms with Gasteiger partial charge in [-0.25, -0.2) is 4.79 Å². The van der Waals surface area contributed by atoms with Gasteiger partial charge in [0.2, 0.25) is 0 Å². The number of fused-ring (bicyclic) bond motifs is 1. The van der Waals surface area contributed by atoms with Crippen LogP contribution >= 0.6 is 0 Å². The topological polar surface area (TPSA) is 103 Å². The molecule has 0 bridgehead atoms. The van der Waals surface area contributed by atoms with Crippen LogP contribution in [0.1, 0.15) is 5.56 Å². The molecular formula is C12H10N4O3. The highest BCUT2D eigenvalue weighted by Crippen LogP contribution is 2.20. The second kappa shape index (κ2) is 3.92. The minimum Gasteiger partial charge on any atom is -0.349 e. The van der Waals surface area contributed by atoms with Gasteiger partial charge >= 0.3 is 6.03 Å². The Morgan fingerprint density at radius 2 is 1.89 bits per heavy atom. The van der Waals surface area contributed by atoms with Crippen LogP contribution in [-0.2, 0) is 4.79 Å². The van der Waals surface area contributed by atoms with Gasteiger partial charge in [0, 0.05) is 5.56 Å². The molecule has 7 nitrogen and oxygen atoms in total. The quantitative estimate of drug-likeness (QED) is 0.540. The van der Waals surface area contributed by atoms with E-state index in [1.54, 1.807) is 0 Å². The van der Waals surface area contributed by atoms with Crippen molar-refractivity contribution in [3.63, 3.8) is 0 Å². The van der Waals surface area contributed by atoms with Crippen molar-refractivity contribution in [3.05, 3.63) is 47.5 Å². The highest BCUT2D eigenvalue weighted by atomic mass is 16.3. The summed E-state index contributed by atoms with van der Waals surface area (Å²) in [5.41, 5.74) is 3.65. The largest absolute Gasteiger partial charge is 0.349 e. The Balaban J connectivity index is 2.01. The van der Waals surface area contributed by atoms with E-state index in [0.717, 1.165) is 5.56 Å². The number of amides is 3. The summed E-state index contributed by atoms with van der Waals surface area (Å²) in [7, 11) is 0. The van der Waals surface area contributed by atoms with E-state index in [9.17, 15) is 14.7 Å². The van der Waals surface area contributed by atoms with Crippen molar-refractivity contribution >= 4 is 17.6 Å². The number of rotatable bonds is 1. The maximum absolute atomic E-state index is 11.7. The number of hydrogen-bond donors (Lipinski definition) is 4. The van der Waals surface area contributed by atoms with E-state index >= 15 is 0 Å². The highest BCUT2D eigenvalue weighted by molar-refractivity contribution is 6.17. The van der Waals surface area contributed by atoms with Crippen LogP contribution in [0.3, 0.4) is 0 Å². The number of imide groups is 1. The van der Waals surface area contributed by atoms with Crippen LogP contribution in [-0.4, -0.2) is 28.6 Å². The number of urea groups is 1. The maximum Gasteiger partial charge on any atom is 0.325 e. The molecule has 0 aliphatic carbocycles. The van der Waals surface area contributed by atoms with Gasteiger partial charge in [-0.2, -0.15) is 5.10 Å². The molecule has 1 aromatic carbocycles. The zero-order valence-electron chi connectivity index (χ0n) is 9.68.